The highest BCUT2D eigenvalue weighted by molar-refractivity contribution is 6.07. The lowest BCUT2D eigenvalue weighted by Crippen LogP contribution is -2.42. The molecule has 0 unspecified atom stereocenters. The Hall–Kier alpha value is -4.86. The van der Waals surface area contributed by atoms with E-state index in [0.717, 1.165) is 11.5 Å². The third-order valence-corrected chi connectivity index (χ3v) is 6.06. The number of halogens is 1. The van der Waals surface area contributed by atoms with Gasteiger partial charge in [-0.15, -0.1) is 0 Å². The number of fused-ring (bicyclic) bond motifs is 2. The summed E-state index contributed by atoms with van der Waals surface area (Å²) in [5.41, 5.74) is 9.47. The number of hydrogen-bond acceptors (Lipinski definition) is 6. The lowest BCUT2D eigenvalue weighted by molar-refractivity contribution is 0.0827. The molecule has 1 aliphatic rings. The Morgan fingerprint density at radius 2 is 1.68 bits per heavy atom. The van der Waals surface area contributed by atoms with E-state index in [2.05, 4.69) is 26.4 Å². The van der Waals surface area contributed by atoms with Crippen LogP contribution in [0, 0.1) is 12.7 Å². The van der Waals surface area contributed by atoms with Crippen molar-refractivity contribution in [2.45, 2.75) is 26.2 Å². The van der Waals surface area contributed by atoms with Gasteiger partial charge in [-0.2, -0.15) is 5.10 Å². The summed E-state index contributed by atoms with van der Waals surface area (Å²) in [5, 5.41) is 5.24. The first-order valence-corrected chi connectivity index (χ1v) is 11.6. The summed E-state index contributed by atoms with van der Waals surface area (Å²) < 4.78 is 19.6. The van der Waals surface area contributed by atoms with Crippen LogP contribution in [-0.2, 0) is 6.42 Å². The van der Waals surface area contributed by atoms with E-state index in [-0.39, 0.29) is 17.0 Å². The van der Waals surface area contributed by atoms with Crippen molar-refractivity contribution in [1.29, 1.82) is 0 Å². The number of rotatable bonds is 4. The Bertz CT molecular complexity index is 1580. The SMILES string of the molecule is Cc1c(C(=O)NNC(=O)c2ccccc2F)oc2c1/C(=N/NC(=O)c1ccc3ccccc3n1)CCC2. The van der Waals surface area contributed by atoms with Crippen LogP contribution in [0.15, 0.2) is 70.2 Å². The summed E-state index contributed by atoms with van der Waals surface area (Å²) >= 11 is 0. The zero-order chi connectivity index (χ0) is 25.9. The largest absolute Gasteiger partial charge is 0.455 e. The number of nitrogens with zero attached hydrogens (tertiary/aromatic N) is 2. The number of amides is 3. The first-order valence-electron chi connectivity index (χ1n) is 11.6. The average molecular weight is 500 g/mol. The first kappa shape index (κ1) is 23.9. The monoisotopic (exact) mass is 499 g/mol. The molecule has 9 nitrogen and oxygen atoms in total. The number of carbonyl (C=O) groups excluding carboxylic acids is 3. The number of hydrazine groups is 1. The molecule has 5 rings (SSSR count). The van der Waals surface area contributed by atoms with Crippen LogP contribution in [0.25, 0.3) is 10.9 Å². The van der Waals surface area contributed by atoms with Crippen molar-refractivity contribution in [1.82, 2.24) is 21.3 Å². The first-order chi connectivity index (χ1) is 17.9. The number of para-hydroxylation sites is 1. The number of aryl methyl sites for hydroxylation is 1. The van der Waals surface area contributed by atoms with E-state index in [1.165, 1.54) is 18.2 Å². The van der Waals surface area contributed by atoms with E-state index in [0.29, 0.717) is 47.4 Å². The maximum absolute atomic E-state index is 13.8. The minimum atomic E-state index is -0.798. The molecular formula is C27H22FN5O4. The highest BCUT2D eigenvalue weighted by Crippen LogP contribution is 2.29. The van der Waals surface area contributed by atoms with Gasteiger partial charge in [0.25, 0.3) is 11.8 Å². The minimum absolute atomic E-state index is 0.00374. The van der Waals surface area contributed by atoms with Crippen LogP contribution in [-0.4, -0.2) is 28.4 Å². The third kappa shape index (κ3) is 4.81. The molecule has 1 aliphatic carbocycles. The molecule has 0 fully saturated rings. The maximum atomic E-state index is 13.8. The third-order valence-electron chi connectivity index (χ3n) is 6.06. The predicted molar refractivity (Wildman–Crippen MR) is 133 cm³/mol. The number of pyridine rings is 1. The molecule has 10 heteroatoms. The normalized spacial score (nSPS) is 13.7. The molecule has 0 radical (unpaired) electrons. The molecule has 3 N–H and O–H groups in total. The Labute approximate surface area is 210 Å². The molecule has 2 aromatic carbocycles. The van der Waals surface area contributed by atoms with Gasteiger partial charge in [0, 0.05) is 22.9 Å². The Morgan fingerprint density at radius 3 is 2.51 bits per heavy atom. The second-order valence-corrected chi connectivity index (χ2v) is 8.48. The summed E-state index contributed by atoms with van der Waals surface area (Å²) in [5.74, 6) is -2.10. The number of furan rings is 1. The number of aromatic nitrogens is 1. The number of hydrogen-bond donors (Lipinski definition) is 3. The number of carbonyl (C=O) groups is 3. The van der Waals surface area contributed by atoms with Gasteiger partial charge < -0.3 is 4.42 Å². The van der Waals surface area contributed by atoms with Gasteiger partial charge >= 0.3 is 5.91 Å². The number of benzene rings is 2. The summed E-state index contributed by atoms with van der Waals surface area (Å²) in [6.45, 7) is 1.70. The second kappa shape index (κ2) is 10.0. The highest BCUT2D eigenvalue weighted by Gasteiger charge is 2.28. The van der Waals surface area contributed by atoms with Crippen molar-refractivity contribution in [2.75, 3.05) is 0 Å². The molecule has 0 bridgehead atoms. The molecule has 37 heavy (non-hydrogen) atoms. The van der Waals surface area contributed by atoms with Crippen molar-refractivity contribution >= 4 is 34.3 Å². The van der Waals surface area contributed by atoms with Crippen LogP contribution >= 0.6 is 0 Å². The van der Waals surface area contributed by atoms with Crippen LogP contribution in [0.2, 0.25) is 0 Å². The molecule has 0 spiro atoms. The molecule has 186 valence electrons. The van der Waals surface area contributed by atoms with E-state index >= 15 is 0 Å². The molecule has 0 aliphatic heterocycles. The van der Waals surface area contributed by atoms with Gasteiger partial charge in [0.2, 0.25) is 0 Å². The molecule has 0 atom stereocenters. The lowest BCUT2D eigenvalue weighted by atomic mass is 9.93. The average Bonchev–Trinajstić information content (AvgIpc) is 3.27. The van der Waals surface area contributed by atoms with Gasteiger partial charge in [-0.3, -0.25) is 25.2 Å². The number of hydrazone groups is 1. The van der Waals surface area contributed by atoms with E-state index in [1.807, 2.05) is 30.3 Å². The zero-order valence-corrected chi connectivity index (χ0v) is 19.8. The smallest absolute Gasteiger partial charge is 0.305 e. The fourth-order valence-corrected chi connectivity index (χ4v) is 4.25. The van der Waals surface area contributed by atoms with E-state index in [9.17, 15) is 18.8 Å². The molecular weight excluding hydrogens is 477 g/mol. The standard InChI is InChI=1S/C27H22FN5O4/c1-15-23-20(30-32-26(35)21-14-13-16-7-2-5-10-19(16)29-21)11-6-12-22(23)37-24(15)27(36)33-31-25(34)17-8-3-4-9-18(17)28/h2-5,7-10,13-14H,6,11-12H2,1H3,(H,31,34)(H,32,35)(H,33,36)/b30-20+. The van der Waals surface area contributed by atoms with Crippen LogP contribution in [0.1, 0.15) is 61.1 Å². The van der Waals surface area contributed by atoms with Crippen molar-refractivity contribution in [3.63, 3.8) is 0 Å². The topological polar surface area (TPSA) is 126 Å². The van der Waals surface area contributed by atoms with Crippen molar-refractivity contribution < 1.29 is 23.2 Å². The van der Waals surface area contributed by atoms with Crippen molar-refractivity contribution in [2.24, 2.45) is 5.10 Å². The summed E-state index contributed by atoms with van der Waals surface area (Å²) in [6, 6.07) is 16.4. The molecule has 0 saturated heterocycles. The van der Waals surface area contributed by atoms with E-state index < -0.39 is 23.5 Å². The maximum Gasteiger partial charge on any atom is 0.305 e. The van der Waals surface area contributed by atoms with Gasteiger partial charge in [-0.05, 0) is 44.0 Å². The lowest BCUT2D eigenvalue weighted by Gasteiger charge is -2.13. The summed E-state index contributed by atoms with van der Waals surface area (Å²) in [7, 11) is 0. The molecule has 0 saturated carbocycles. The fourth-order valence-electron chi connectivity index (χ4n) is 4.25. The zero-order valence-electron chi connectivity index (χ0n) is 19.8. The van der Waals surface area contributed by atoms with Crippen LogP contribution < -0.4 is 16.3 Å². The molecule has 4 aromatic rings. The van der Waals surface area contributed by atoms with E-state index in [1.54, 1.807) is 13.0 Å². The Balaban J connectivity index is 1.31. The molecule has 2 aromatic heterocycles. The van der Waals surface area contributed by atoms with Crippen molar-refractivity contribution in [3.8, 4) is 0 Å². The van der Waals surface area contributed by atoms with Gasteiger partial charge in [0.1, 0.15) is 17.3 Å². The minimum Gasteiger partial charge on any atom is -0.455 e. The van der Waals surface area contributed by atoms with Crippen LogP contribution in [0.4, 0.5) is 4.39 Å². The predicted octanol–water partition coefficient (Wildman–Crippen LogP) is 3.82. The van der Waals surface area contributed by atoms with Gasteiger partial charge in [-0.25, -0.2) is 14.8 Å². The molecule has 3 amide bonds. The molecule has 2 heterocycles. The summed E-state index contributed by atoms with van der Waals surface area (Å²) in [4.78, 5) is 42.0. The summed E-state index contributed by atoms with van der Waals surface area (Å²) in [6.07, 6.45) is 1.88. The second-order valence-electron chi connectivity index (χ2n) is 8.48. The van der Waals surface area contributed by atoms with Crippen molar-refractivity contribution in [3.05, 3.63) is 100 Å². The Kier molecular flexibility index (Phi) is 6.46. The van der Waals surface area contributed by atoms with Gasteiger partial charge in [0.05, 0.1) is 16.8 Å². The van der Waals surface area contributed by atoms with Gasteiger partial charge in [-0.1, -0.05) is 36.4 Å². The Morgan fingerprint density at radius 1 is 0.919 bits per heavy atom. The van der Waals surface area contributed by atoms with Crippen LogP contribution in [0.3, 0.4) is 0 Å². The fraction of sp³-hybridized carbons (Fsp3) is 0.148. The van der Waals surface area contributed by atoms with E-state index in [4.69, 9.17) is 4.42 Å². The van der Waals surface area contributed by atoms with Crippen LogP contribution in [0.5, 0.6) is 0 Å². The van der Waals surface area contributed by atoms with Gasteiger partial charge in [0.15, 0.2) is 5.76 Å². The number of nitrogens with one attached hydrogen (secondary N) is 3. The highest BCUT2D eigenvalue weighted by atomic mass is 19.1. The quantitative estimate of drug-likeness (QED) is 0.368.